The third kappa shape index (κ3) is 4.47. The molecule has 0 radical (unpaired) electrons. The predicted molar refractivity (Wildman–Crippen MR) is 32.6 cm³/mol. The molecule has 1 atom stereocenters. The largest absolute Gasteiger partial charge is 0.0936 e. The van der Waals surface area contributed by atoms with Crippen molar-refractivity contribution in [2.75, 3.05) is 6.54 Å². The Labute approximate surface area is 51.7 Å². The first-order chi connectivity index (χ1) is 4.31. The molecule has 0 rings (SSSR count). The van der Waals surface area contributed by atoms with Crippen LogP contribution >= 0.6 is 0 Å². The van der Waals surface area contributed by atoms with Crippen LogP contribution in [0.5, 0.6) is 0 Å². The molecule has 0 fully saturated rings. The van der Waals surface area contributed by atoms with Gasteiger partial charge in [0.2, 0.25) is 0 Å². The average molecular weight is 126 g/mol. The minimum atomic E-state index is -0.245. The summed E-state index contributed by atoms with van der Waals surface area (Å²) in [7, 11) is 0. The summed E-state index contributed by atoms with van der Waals surface area (Å²) in [6.07, 6.45) is 0. The predicted octanol–water partition coefficient (Wildman–Crippen LogP) is 2.00. The first-order valence-electron chi connectivity index (χ1n) is 2.36. The summed E-state index contributed by atoms with van der Waals surface area (Å²) in [5.41, 5.74) is 15.7. The van der Waals surface area contributed by atoms with Gasteiger partial charge in [0.15, 0.2) is 0 Å². The zero-order valence-corrected chi connectivity index (χ0v) is 4.97. The van der Waals surface area contributed by atoms with E-state index in [4.69, 9.17) is 11.1 Å². The lowest BCUT2D eigenvalue weighted by Crippen LogP contribution is -1.98. The maximum absolute atomic E-state index is 7.86. The van der Waals surface area contributed by atoms with Crippen LogP contribution in [0, 0.1) is 0 Å². The van der Waals surface area contributed by atoms with Crippen LogP contribution in [-0.4, -0.2) is 12.6 Å². The van der Waals surface area contributed by atoms with Crippen LogP contribution in [0.15, 0.2) is 10.2 Å². The molecule has 0 aliphatic heterocycles. The molecule has 9 heavy (non-hydrogen) atoms. The van der Waals surface area contributed by atoms with E-state index in [0.717, 1.165) is 0 Å². The number of hydrogen-bond donors (Lipinski definition) is 0. The van der Waals surface area contributed by atoms with Crippen LogP contribution in [0.2, 0.25) is 0 Å². The van der Waals surface area contributed by atoms with E-state index in [9.17, 15) is 0 Å². The third-order valence-electron chi connectivity index (χ3n) is 0.658. The molecular formula is C3H6N6. The van der Waals surface area contributed by atoms with Crippen LogP contribution in [-0.2, 0) is 0 Å². The van der Waals surface area contributed by atoms with Crippen molar-refractivity contribution in [1.29, 1.82) is 0 Å². The Hall–Kier alpha value is -1.38. The molecule has 0 amide bonds. The zero-order valence-electron chi connectivity index (χ0n) is 4.97. The van der Waals surface area contributed by atoms with Crippen molar-refractivity contribution in [3.63, 3.8) is 0 Å². The van der Waals surface area contributed by atoms with Gasteiger partial charge in [-0.2, -0.15) is 0 Å². The fourth-order valence-corrected chi connectivity index (χ4v) is 0.279. The fourth-order valence-electron chi connectivity index (χ4n) is 0.279. The lowest BCUT2D eigenvalue weighted by Gasteiger charge is -1.92. The standard InChI is InChI=1S/C3H6N6/c1-3(7-9-5)2-6-8-4/h3H,2H2,1H3. The van der Waals surface area contributed by atoms with Gasteiger partial charge in [-0.3, -0.25) is 0 Å². The quantitative estimate of drug-likeness (QED) is 0.314. The Kier molecular flexibility index (Phi) is 4.04. The van der Waals surface area contributed by atoms with Gasteiger partial charge in [0.1, 0.15) is 0 Å². The van der Waals surface area contributed by atoms with Crippen molar-refractivity contribution in [1.82, 2.24) is 0 Å². The maximum atomic E-state index is 7.86. The van der Waals surface area contributed by atoms with E-state index >= 15 is 0 Å². The molecule has 0 heterocycles. The molecule has 0 aliphatic carbocycles. The van der Waals surface area contributed by atoms with Crippen LogP contribution in [0.3, 0.4) is 0 Å². The van der Waals surface area contributed by atoms with Gasteiger partial charge in [-0.1, -0.05) is 17.2 Å². The molecule has 0 aromatic carbocycles. The summed E-state index contributed by atoms with van der Waals surface area (Å²) < 4.78 is 0. The fraction of sp³-hybridized carbons (Fsp3) is 1.00. The van der Waals surface area contributed by atoms with Gasteiger partial charge >= 0.3 is 0 Å². The lowest BCUT2D eigenvalue weighted by atomic mass is 10.4. The smallest absolute Gasteiger partial charge is 0.0401 e. The number of hydrogen-bond acceptors (Lipinski definition) is 2. The topological polar surface area (TPSA) is 97.5 Å². The van der Waals surface area contributed by atoms with Crippen molar-refractivity contribution < 1.29 is 0 Å². The normalized spacial score (nSPS) is 10.8. The lowest BCUT2D eigenvalue weighted by molar-refractivity contribution is 0.742. The summed E-state index contributed by atoms with van der Waals surface area (Å²) in [5.74, 6) is 0. The highest BCUT2D eigenvalue weighted by molar-refractivity contribution is 4.63. The van der Waals surface area contributed by atoms with Crippen molar-refractivity contribution in [3.05, 3.63) is 20.9 Å². The van der Waals surface area contributed by atoms with E-state index in [-0.39, 0.29) is 12.6 Å². The van der Waals surface area contributed by atoms with E-state index < -0.39 is 0 Å². The first-order valence-corrected chi connectivity index (χ1v) is 2.36. The van der Waals surface area contributed by atoms with Gasteiger partial charge in [-0.15, -0.1) is 0 Å². The van der Waals surface area contributed by atoms with Crippen LogP contribution < -0.4 is 0 Å². The van der Waals surface area contributed by atoms with Crippen molar-refractivity contribution >= 4 is 0 Å². The molecule has 0 saturated carbocycles. The third-order valence-corrected chi connectivity index (χ3v) is 0.658. The second-order valence-electron chi connectivity index (χ2n) is 1.47. The molecule has 6 heteroatoms. The highest BCUT2D eigenvalue weighted by Crippen LogP contribution is 1.89. The van der Waals surface area contributed by atoms with E-state index in [1.807, 2.05) is 0 Å². The van der Waals surface area contributed by atoms with Gasteiger partial charge in [0.25, 0.3) is 0 Å². The van der Waals surface area contributed by atoms with Crippen molar-refractivity contribution in [2.45, 2.75) is 13.0 Å². The average Bonchev–Trinajstić information content (AvgIpc) is 1.85. The van der Waals surface area contributed by atoms with E-state index in [1.54, 1.807) is 6.92 Å². The van der Waals surface area contributed by atoms with Crippen molar-refractivity contribution in [2.24, 2.45) is 10.2 Å². The molecule has 0 aliphatic rings. The van der Waals surface area contributed by atoms with Gasteiger partial charge < -0.3 is 0 Å². The number of rotatable bonds is 3. The molecule has 0 bridgehead atoms. The Balaban J connectivity index is 3.62. The first kappa shape index (κ1) is 7.62. The second kappa shape index (κ2) is 4.77. The highest BCUT2D eigenvalue weighted by Gasteiger charge is 1.91. The molecule has 0 saturated heterocycles. The summed E-state index contributed by atoms with van der Waals surface area (Å²) in [6.45, 7) is 1.90. The minimum absolute atomic E-state index is 0.223. The molecule has 0 spiro atoms. The van der Waals surface area contributed by atoms with Crippen LogP contribution in [0.25, 0.3) is 20.9 Å². The molecule has 48 valence electrons. The Morgan fingerprint density at radius 1 is 1.44 bits per heavy atom. The van der Waals surface area contributed by atoms with Crippen LogP contribution in [0.1, 0.15) is 6.92 Å². The summed E-state index contributed by atoms with van der Waals surface area (Å²) >= 11 is 0. The molecule has 0 N–H and O–H groups in total. The number of azide groups is 2. The van der Waals surface area contributed by atoms with Crippen LogP contribution in [0.4, 0.5) is 0 Å². The highest BCUT2D eigenvalue weighted by atomic mass is 15.2. The Morgan fingerprint density at radius 2 is 2.11 bits per heavy atom. The minimum Gasteiger partial charge on any atom is -0.0936 e. The second-order valence-corrected chi connectivity index (χ2v) is 1.47. The summed E-state index contributed by atoms with van der Waals surface area (Å²) in [6, 6.07) is -0.245. The van der Waals surface area contributed by atoms with Gasteiger partial charge in [-0.25, -0.2) is 0 Å². The molecule has 0 aromatic rings. The van der Waals surface area contributed by atoms with E-state index in [0.29, 0.717) is 0 Å². The molecule has 6 nitrogen and oxygen atoms in total. The molecule has 0 aromatic heterocycles. The summed E-state index contributed by atoms with van der Waals surface area (Å²) in [5, 5.41) is 6.48. The van der Waals surface area contributed by atoms with Gasteiger partial charge in [-0.05, 0) is 11.1 Å². The Bertz CT molecular complexity index is 161. The molecular weight excluding hydrogens is 120 g/mol. The maximum Gasteiger partial charge on any atom is 0.0401 e. The monoisotopic (exact) mass is 126 g/mol. The van der Waals surface area contributed by atoms with E-state index in [1.165, 1.54) is 0 Å². The SMILES string of the molecule is CC(CN=[N+]=[N-])N=[N+]=[N-]. The van der Waals surface area contributed by atoms with Gasteiger partial charge in [0.05, 0.1) is 0 Å². The Morgan fingerprint density at radius 3 is 2.56 bits per heavy atom. The van der Waals surface area contributed by atoms with E-state index in [2.05, 4.69) is 20.1 Å². The molecule has 1 unspecified atom stereocenters. The van der Waals surface area contributed by atoms with Crippen molar-refractivity contribution in [3.8, 4) is 0 Å². The number of nitrogens with zero attached hydrogens (tertiary/aromatic N) is 6. The van der Waals surface area contributed by atoms with Gasteiger partial charge in [0, 0.05) is 22.4 Å². The summed E-state index contributed by atoms with van der Waals surface area (Å²) in [4.78, 5) is 5.03. The zero-order chi connectivity index (χ0) is 7.11.